The first kappa shape index (κ1) is 18.7. The predicted molar refractivity (Wildman–Crippen MR) is 78.4 cm³/mol. The molecule has 118 valence electrons. The van der Waals surface area contributed by atoms with Crippen molar-refractivity contribution in [2.45, 2.75) is 47.5 Å². The molecule has 0 saturated carbocycles. The first-order chi connectivity index (χ1) is 9.27. The Morgan fingerprint density at radius 2 is 1.85 bits per heavy atom. The fourth-order valence-corrected chi connectivity index (χ4v) is 1.96. The predicted octanol–water partition coefficient (Wildman–Crippen LogP) is 2.98. The van der Waals surface area contributed by atoms with Crippen LogP contribution in [0.2, 0.25) is 0 Å². The minimum absolute atomic E-state index is 0.163. The van der Waals surface area contributed by atoms with Gasteiger partial charge >= 0.3 is 12.1 Å². The van der Waals surface area contributed by atoms with E-state index < -0.39 is 11.5 Å². The number of alkyl carbamates (subject to hydrolysis) is 1. The van der Waals surface area contributed by atoms with Gasteiger partial charge in [0.2, 0.25) is 0 Å². The minimum Gasteiger partial charge on any atom is -0.463 e. The first-order valence-corrected chi connectivity index (χ1v) is 7.26. The van der Waals surface area contributed by atoms with Crippen LogP contribution in [-0.4, -0.2) is 32.3 Å². The lowest BCUT2D eigenvalue weighted by molar-refractivity contribution is -0.158. The lowest BCUT2D eigenvalue weighted by atomic mass is 9.72. The van der Waals surface area contributed by atoms with Crippen LogP contribution >= 0.6 is 0 Å². The van der Waals surface area contributed by atoms with Gasteiger partial charge in [0.15, 0.2) is 0 Å². The van der Waals surface area contributed by atoms with Crippen LogP contribution in [0.15, 0.2) is 0 Å². The number of nitrogens with one attached hydrogen (secondary N) is 1. The fraction of sp³-hybridized carbons (Fsp3) is 0.867. The van der Waals surface area contributed by atoms with E-state index in [-0.39, 0.29) is 25.0 Å². The number of methoxy groups -OCH3 is 1. The molecule has 1 N–H and O–H groups in total. The van der Waals surface area contributed by atoms with Gasteiger partial charge in [-0.3, -0.25) is 4.79 Å². The number of amides is 1. The normalized spacial score (nSPS) is 15.3. The van der Waals surface area contributed by atoms with E-state index in [0.29, 0.717) is 5.92 Å². The van der Waals surface area contributed by atoms with Gasteiger partial charge in [-0.15, -0.1) is 0 Å². The minimum atomic E-state index is -0.521. The molecule has 0 rings (SSSR count). The van der Waals surface area contributed by atoms with E-state index >= 15 is 0 Å². The standard InChI is InChI=1S/C15H29NO4/c1-7-12(4)10-15(5,11(2)3)13(17)20-9-8-16-14(18)19-6/h11-12H,7-10H2,1-6H3,(H,16,18). The molecule has 0 spiro atoms. The van der Waals surface area contributed by atoms with E-state index in [1.165, 1.54) is 7.11 Å². The number of esters is 1. The van der Waals surface area contributed by atoms with Gasteiger partial charge in [0, 0.05) is 0 Å². The molecular formula is C15H29NO4. The van der Waals surface area contributed by atoms with E-state index in [2.05, 4.69) is 23.9 Å². The second-order valence-corrected chi connectivity index (χ2v) is 5.84. The maximum atomic E-state index is 12.3. The number of carbonyl (C=O) groups is 2. The number of hydrogen-bond donors (Lipinski definition) is 1. The zero-order valence-electron chi connectivity index (χ0n) is 13.6. The van der Waals surface area contributed by atoms with Gasteiger partial charge in [-0.1, -0.05) is 34.1 Å². The van der Waals surface area contributed by atoms with E-state index in [1.807, 2.05) is 20.8 Å². The molecule has 0 fully saturated rings. The Labute approximate surface area is 122 Å². The highest BCUT2D eigenvalue weighted by Crippen LogP contribution is 2.36. The van der Waals surface area contributed by atoms with Crippen LogP contribution in [0.3, 0.4) is 0 Å². The Morgan fingerprint density at radius 3 is 2.30 bits per heavy atom. The lowest BCUT2D eigenvalue weighted by Crippen LogP contribution is -2.38. The van der Waals surface area contributed by atoms with Crippen molar-refractivity contribution in [3.63, 3.8) is 0 Å². The molecule has 0 radical (unpaired) electrons. The molecule has 20 heavy (non-hydrogen) atoms. The maximum absolute atomic E-state index is 12.3. The van der Waals surface area contributed by atoms with Crippen LogP contribution < -0.4 is 5.32 Å². The second-order valence-electron chi connectivity index (χ2n) is 5.84. The van der Waals surface area contributed by atoms with Crippen molar-refractivity contribution in [1.29, 1.82) is 0 Å². The molecule has 5 nitrogen and oxygen atoms in total. The largest absolute Gasteiger partial charge is 0.463 e. The molecule has 5 heteroatoms. The molecule has 0 aliphatic heterocycles. The summed E-state index contributed by atoms with van der Waals surface area (Å²) < 4.78 is 9.74. The average Bonchev–Trinajstić information content (AvgIpc) is 2.42. The highest BCUT2D eigenvalue weighted by atomic mass is 16.5. The summed E-state index contributed by atoms with van der Waals surface area (Å²) in [6.45, 7) is 10.7. The molecule has 2 atom stereocenters. The van der Waals surface area contributed by atoms with E-state index in [9.17, 15) is 9.59 Å². The molecule has 0 aromatic heterocycles. The van der Waals surface area contributed by atoms with Gasteiger partial charge in [0.25, 0.3) is 0 Å². The number of rotatable bonds is 8. The van der Waals surface area contributed by atoms with Gasteiger partial charge in [-0.05, 0) is 25.2 Å². The van der Waals surface area contributed by atoms with Crippen LogP contribution in [0.5, 0.6) is 0 Å². The maximum Gasteiger partial charge on any atom is 0.406 e. The lowest BCUT2D eigenvalue weighted by Gasteiger charge is -2.33. The second kappa shape index (κ2) is 8.82. The summed E-state index contributed by atoms with van der Waals surface area (Å²) in [4.78, 5) is 23.2. The molecule has 0 bridgehead atoms. The molecule has 1 amide bonds. The molecule has 0 aromatic carbocycles. The monoisotopic (exact) mass is 287 g/mol. The van der Waals surface area contributed by atoms with Crippen molar-refractivity contribution in [2.75, 3.05) is 20.3 Å². The van der Waals surface area contributed by atoms with E-state index in [0.717, 1.165) is 12.8 Å². The summed E-state index contributed by atoms with van der Waals surface area (Å²) in [6, 6.07) is 0. The topological polar surface area (TPSA) is 64.6 Å². The van der Waals surface area contributed by atoms with Crippen molar-refractivity contribution < 1.29 is 19.1 Å². The van der Waals surface area contributed by atoms with Gasteiger partial charge in [-0.2, -0.15) is 0 Å². The Balaban J connectivity index is 4.40. The quantitative estimate of drug-likeness (QED) is 0.550. The Hall–Kier alpha value is -1.26. The molecule has 0 aliphatic rings. The summed E-state index contributed by atoms with van der Waals surface area (Å²) in [5.74, 6) is 0.486. The molecule has 0 heterocycles. The molecule has 0 aliphatic carbocycles. The Kier molecular flexibility index (Phi) is 8.26. The number of hydrogen-bond acceptors (Lipinski definition) is 4. The summed E-state index contributed by atoms with van der Waals surface area (Å²) in [6.07, 6.45) is 1.33. The van der Waals surface area contributed by atoms with Crippen LogP contribution in [0.1, 0.15) is 47.5 Å². The zero-order chi connectivity index (χ0) is 15.8. The zero-order valence-corrected chi connectivity index (χ0v) is 13.6. The first-order valence-electron chi connectivity index (χ1n) is 7.26. The molecule has 2 unspecified atom stereocenters. The third kappa shape index (κ3) is 5.80. The highest BCUT2D eigenvalue weighted by molar-refractivity contribution is 5.76. The summed E-state index contributed by atoms with van der Waals surface area (Å²) >= 11 is 0. The molecule has 0 aromatic rings. The van der Waals surface area contributed by atoms with Crippen molar-refractivity contribution in [3.05, 3.63) is 0 Å². The van der Waals surface area contributed by atoms with Crippen molar-refractivity contribution in [3.8, 4) is 0 Å². The Bertz CT molecular complexity index is 317. The SMILES string of the molecule is CCC(C)CC(C)(C(=O)OCCNC(=O)OC)C(C)C. The number of carbonyl (C=O) groups excluding carboxylic acids is 2. The molecular weight excluding hydrogens is 258 g/mol. The fourth-order valence-electron chi connectivity index (χ4n) is 1.96. The summed E-state index contributed by atoms with van der Waals surface area (Å²) in [5.41, 5.74) is -0.485. The van der Waals surface area contributed by atoms with Crippen LogP contribution in [-0.2, 0) is 14.3 Å². The summed E-state index contributed by atoms with van der Waals surface area (Å²) in [7, 11) is 1.29. The average molecular weight is 287 g/mol. The third-order valence-electron chi connectivity index (χ3n) is 4.00. The van der Waals surface area contributed by atoms with Gasteiger partial charge in [0.05, 0.1) is 19.1 Å². The van der Waals surface area contributed by atoms with Crippen LogP contribution in [0.25, 0.3) is 0 Å². The van der Waals surface area contributed by atoms with Gasteiger partial charge in [-0.25, -0.2) is 4.79 Å². The van der Waals surface area contributed by atoms with E-state index in [4.69, 9.17) is 4.74 Å². The highest BCUT2D eigenvalue weighted by Gasteiger charge is 2.38. The smallest absolute Gasteiger partial charge is 0.406 e. The van der Waals surface area contributed by atoms with Crippen LogP contribution in [0, 0.1) is 17.3 Å². The van der Waals surface area contributed by atoms with E-state index in [1.54, 1.807) is 0 Å². The Morgan fingerprint density at radius 1 is 1.25 bits per heavy atom. The van der Waals surface area contributed by atoms with Crippen molar-refractivity contribution in [2.24, 2.45) is 17.3 Å². The molecule has 0 saturated heterocycles. The van der Waals surface area contributed by atoms with Gasteiger partial charge < -0.3 is 14.8 Å². The van der Waals surface area contributed by atoms with Crippen LogP contribution in [0.4, 0.5) is 4.79 Å². The van der Waals surface area contributed by atoms with Crippen molar-refractivity contribution >= 4 is 12.1 Å². The van der Waals surface area contributed by atoms with Gasteiger partial charge in [0.1, 0.15) is 6.61 Å². The number of ether oxygens (including phenoxy) is 2. The summed E-state index contributed by atoms with van der Waals surface area (Å²) in [5, 5.41) is 2.48. The third-order valence-corrected chi connectivity index (χ3v) is 4.00. The van der Waals surface area contributed by atoms with Crippen molar-refractivity contribution in [1.82, 2.24) is 5.32 Å².